The number of fused-ring (bicyclic) bond motifs is 1. The zero-order valence-electron chi connectivity index (χ0n) is 19.5. The number of aromatic nitrogens is 2. The molecule has 1 saturated carbocycles. The summed E-state index contributed by atoms with van der Waals surface area (Å²) < 4.78 is 12.5. The van der Waals surface area contributed by atoms with Crippen molar-refractivity contribution < 1.29 is 19.1 Å². The van der Waals surface area contributed by atoms with Crippen molar-refractivity contribution in [2.24, 2.45) is 11.1 Å². The maximum atomic E-state index is 13.9. The number of hydrogen-bond acceptors (Lipinski definition) is 7. The zero-order valence-corrected chi connectivity index (χ0v) is 19.5. The summed E-state index contributed by atoms with van der Waals surface area (Å²) >= 11 is 0. The minimum atomic E-state index is -1.11. The number of nitrogens with zero attached hydrogens (tertiary/aromatic N) is 4. The highest BCUT2D eigenvalue weighted by atomic mass is 16.5. The fourth-order valence-electron chi connectivity index (χ4n) is 4.70. The summed E-state index contributed by atoms with van der Waals surface area (Å²) in [5, 5.41) is 17.5. The molecule has 0 unspecified atom stereocenters. The molecule has 2 amide bonds. The largest absolute Gasteiger partial charge is 0.497 e. The third-order valence-corrected chi connectivity index (χ3v) is 6.89. The van der Waals surface area contributed by atoms with Gasteiger partial charge in [0, 0.05) is 32.0 Å². The number of methoxy groups -OCH3 is 2. The Morgan fingerprint density at radius 2 is 1.97 bits per heavy atom. The highest BCUT2D eigenvalue weighted by molar-refractivity contribution is 6.11. The van der Waals surface area contributed by atoms with E-state index in [4.69, 9.17) is 15.2 Å². The van der Waals surface area contributed by atoms with Crippen LogP contribution in [0.5, 0.6) is 5.75 Å². The van der Waals surface area contributed by atoms with Crippen LogP contribution in [0.15, 0.2) is 42.7 Å². The van der Waals surface area contributed by atoms with Crippen LogP contribution in [0, 0.1) is 16.7 Å². The van der Waals surface area contributed by atoms with Gasteiger partial charge in [0.1, 0.15) is 11.2 Å². The normalized spacial score (nSPS) is 20.4. The molecule has 2 aliphatic rings. The second-order valence-electron chi connectivity index (χ2n) is 8.93. The van der Waals surface area contributed by atoms with Gasteiger partial charge in [-0.3, -0.25) is 9.59 Å². The SMILES string of the molecule is COc1ccc(-c2cc3c(N(C(=O)C4(C#N)CC4)[C@@H]4CNC[C@@H]4OC)c(C(N)=O)cnn3c2)cc1. The number of primary amides is 1. The van der Waals surface area contributed by atoms with Crippen molar-refractivity contribution in [2.45, 2.75) is 25.0 Å². The molecule has 2 fully saturated rings. The Morgan fingerprint density at radius 1 is 1.23 bits per heavy atom. The van der Waals surface area contributed by atoms with Crippen molar-refractivity contribution in [3.63, 3.8) is 0 Å². The van der Waals surface area contributed by atoms with Crippen molar-refractivity contribution in [2.75, 3.05) is 32.2 Å². The lowest BCUT2D eigenvalue weighted by Gasteiger charge is -2.34. The van der Waals surface area contributed by atoms with Crippen molar-refractivity contribution in [1.82, 2.24) is 14.9 Å². The second kappa shape index (κ2) is 8.69. The fraction of sp³-hybridized carbons (Fsp3) is 0.360. The Kier molecular flexibility index (Phi) is 5.67. The molecule has 1 saturated heterocycles. The van der Waals surface area contributed by atoms with Crippen LogP contribution in [0.1, 0.15) is 23.2 Å². The number of amides is 2. The molecule has 180 valence electrons. The van der Waals surface area contributed by atoms with E-state index >= 15 is 0 Å². The van der Waals surface area contributed by atoms with E-state index < -0.39 is 17.4 Å². The first kappa shape index (κ1) is 22.8. The average Bonchev–Trinajstić information content (AvgIpc) is 3.33. The molecule has 5 rings (SSSR count). The molecular formula is C25H26N6O4. The first-order chi connectivity index (χ1) is 16.9. The number of hydrogen-bond donors (Lipinski definition) is 2. The van der Waals surface area contributed by atoms with E-state index in [0.29, 0.717) is 37.1 Å². The first-order valence-corrected chi connectivity index (χ1v) is 11.4. The summed E-state index contributed by atoms with van der Waals surface area (Å²) in [6.07, 6.45) is 3.83. The van der Waals surface area contributed by atoms with Gasteiger partial charge in [0.15, 0.2) is 0 Å². The van der Waals surface area contributed by atoms with Gasteiger partial charge in [-0.1, -0.05) is 12.1 Å². The molecule has 1 aliphatic heterocycles. The lowest BCUT2D eigenvalue weighted by molar-refractivity contribution is -0.122. The molecule has 3 N–H and O–H groups in total. The molecule has 10 heteroatoms. The summed E-state index contributed by atoms with van der Waals surface area (Å²) in [5.41, 5.74) is 7.40. The monoisotopic (exact) mass is 474 g/mol. The highest BCUT2D eigenvalue weighted by Gasteiger charge is 2.55. The van der Waals surface area contributed by atoms with E-state index in [2.05, 4.69) is 16.5 Å². The molecule has 10 nitrogen and oxygen atoms in total. The van der Waals surface area contributed by atoms with E-state index in [9.17, 15) is 14.9 Å². The van der Waals surface area contributed by atoms with Crippen LogP contribution in [0.3, 0.4) is 0 Å². The van der Waals surface area contributed by atoms with E-state index in [1.165, 1.54) is 6.20 Å². The maximum Gasteiger partial charge on any atom is 0.252 e. The first-order valence-electron chi connectivity index (χ1n) is 11.4. The number of carbonyl (C=O) groups is 2. The van der Waals surface area contributed by atoms with Gasteiger partial charge in [-0.25, -0.2) is 4.52 Å². The highest BCUT2D eigenvalue weighted by Crippen LogP contribution is 2.48. The topological polar surface area (TPSA) is 135 Å². The lowest BCUT2D eigenvalue weighted by atomic mass is 10.0. The summed E-state index contributed by atoms with van der Waals surface area (Å²) in [5.74, 6) is -0.324. The summed E-state index contributed by atoms with van der Waals surface area (Å²) in [6, 6.07) is 11.2. The van der Waals surface area contributed by atoms with Crippen LogP contribution >= 0.6 is 0 Å². The van der Waals surface area contributed by atoms with Crippen LogP contribution in [0.25, 0.3) is 16.6 Å². The summed E-state index contributed by atoms with van der Waals surface area (Å²) in [6.45, 7) is 0.986. The predicted octanol–water partition coefficient (Wildman–Crippen LogP) is 1.73. The summed E-state index contributed by atoms with van der Waals surface area (Å²) in [4.78, 5) is 28.0. The Hall–Kier alpha value is -3.94. The van der Waals surface area contributed by atoms with E-state index in [1.807, 2.05) is 36.5 Å². The Labute approximate surface area is 202 Å². The zero-order chi connectivity index (χ0) is 24.7. The standard InChI is InChI=1S/C25H26N6O4/c1-34-17-5-3-15(4-6-17)16-9-19-22(18(23(27)32)10-29-30(19)13-16)31(20-11-28-12-21(20)35-2)24(33)25(14-26)7-8-25/h3-6,9-10,13,20-21,28H,7-8,11-12H2,1-2H3,(H2,27,32)/t20-,21+/m1/s1. The van der Waals surface area contributed by atoms with E-state index in [1.54, 1.807) is 23.6 Å². The summed E-state index contributed by atoms with van der Waals surface area (Å²) in [7, 11) is 3.19. The number of nitrogens with two attached hydrogens (primary N) is 1. The van der Waals surface area contributed by atoms with E-state index in [-0.39, 0.29) is 17.6 Å². The number of anilines is 1. The molecule has 0 bridgehead atoms. The van der Waals surface area contributed by atoms with Gasteiger partial charge in [-0.15, -0.1) is 0 Å². The number of rotatable bonds is 7. The van der Waals surface area contributed by atoms with Crippen LogP contribution in [0.4, 0.5) is 5.69 Å². The second-order valence-corrected chi connectivity index (χ2v) is 8.93. The fourth-order valence-corrected chi connectivity index (χ4v) is 4.70. The Balaban J connectivity index is 1.72. The van der Waals surface area contributed by atoms with Gasteiger partial charge in [0.25, 0.3) is 5.91 Å². The smallest absolute Gasteiger partial charge is 0.252 e. The van der Waals surface area contributed by atoms with Gasteiger partial charge < -0.3 is 25.4 Å². The van der Waals surface area contributed by atoms with Crippen LogP contribution in [0.2, 0.25) is 0 Å². The van der Waals surface area contributed by atoms with Gasteiger partial charge in [-0.05, 0) is 36.6 Å². The molecule has 3 aromatic rings. The average molecular weight is 475 g/mol. The molecule has 0 spiro atoms. The number of ether oxygens (including phenoxy) is 2. The van der Waals surface area contributed by atoms with Gasteiger partial charge in [0.05, 0.1) is 48.3 Å². The Bertz CT molecular complexity index is 1340. The molecule has 2 atom stereocenters. The van der Waals surface area contributed by atoms with Crippen LogP contribution in [-0.4, -0.2) is 60.9 Å². The van der Waals surface area contributed by atoms with E-state index in [0.717, 1.165) is 16.9 Å². The number of nitrogens with one attached hydrogen (secondary N) is 1. The molecule has 3 heterocycles. The number of benzene rings is 1. The molecule has 2 aromatic heterocycles. The van der Waals surface area contributed by atoms with Crippen molar-refractivity contribution in [3.05, 3.63) is 48.3 Å². The Morgan fingerprint density at radius 3 is 2.57 bits per heavy atom. The maximum absolute atomic E-state index is 13.9. The van der Waals surface area contributed by atoms with Gasteiger partial charge >= 0.3 is 0 Å². The van der Waals surface area contributed by atoms with Crippen molar-refractivity contribution in [3.8, 4) is 22.9 Å². The molecule has 0 radical (unpaired) electrons. The third kappa shape index (κ3) is 3.79. The van der Waals surface area contributed by atoms with Crippen LogP contribution in [-0.2, 0) is 9.53 Å². The molecule has 35 heavy (non-hydrogen) atoms. The van der Waals surface area contributed by atoms with Gasteiger partial charge in [-0.2, -0.15) is 10.4 Å². The minimum absolute atomic E-state index is 0.112. The minimum Gasteiger partial charge on any atom is -0.497 e. The van der Waals surface area contributed by atoms with Crippen molar-refractivity contribution >= 4 is 23.0 Å². The number of nitriles is 1. The quantitative estimate of drug-likeness (QED) is 0.532. The van der Waals surface area contributed by atoms with Crippen molar-refractivity contribution in [1.29, 1.82) is 5.26 Å². The molecular weight excluding hydrogens is 448 g/mol. The predicted molar refractivity (Wildman–Crippen MR) is 128 cm³/mol. The molecule has 1 aliphatic carbocycles. The third-order valence-electron chi connectivity index (χ3n) is 6.89. The van der Waals surface area contributed by atoms with Gasteiger partial charge in [0.2, 0.25) is 5.91 Å². The van der Waals surface area contributed by atoms with Crippen LogP contribution < -0.4 is 20.7 Å². The number of carbonyl (C=O) groups excluding carboxylic acids is 2. The lowest BCUT2D eigenvalue weighted by Crippen LogP contribution is -2.51. The molecule has 1 aromatic carbocycles.